The number of hydrogen-bond donors (Lipinski definition) is 2. The van der Waals surface area contributed by atoms with Crippen molar-refractivity contribution in [2.24, 2.45) is 10.9 Å². The first-order valence-corrected chi connectivity index (χ1v) is 5.33. The van der Waals surface area contributed by atoms with Crippen molar-refractivity contribution in [1.29, 1.82) is 0 Å². The molecule has 92 valence electrons. The number of methoxy groups -OCH3 is 1. The predicted molar refractivity (Wildman–Crippen MR) is 65.6 cm³/mol. The van der Waals surface area contributed by atoms with Gasteiger partial charge in [-0.2, -0.15) is 5.10 Å². The summed E-state index contributed by atoms with van der Waals surface area (Å²) in [6.45, 7) is -0.469. The van der Waals surface area contributed by atoms with Crippen molar-refractivity contribution in [2.75, 3.05) is 13.7 Å². The highest BCUT2D eigenvalue weighted by molar-refractivity contribution is 9.10. The van der Waals surface area contributed by atoms with E-state index in [1.54, 1.807) is 12.1 Å². The van der Waals surface area contributed by atoms with Gasteiger partial charge in [0.25, 0.3) is 0 Å². The highest BCUT2D eigenvalue weighted by Crippen LogP contribution is 2.33. The van der Waals surface area contributed by atoms with Crippen LogP contribution < -0.4 is 15.3 Å². The molecular weight excluding hydrogens is 292 g/mol. The molecule has 0 saturated heterocycles. The van der Waals surface area contributed by atoms with Gasteiger partial charge >= 0.3 is 5.97 Å². The topological polar surface area (TPSA) is 94.1 Å². The third-order valence-electron chi connectivity index (χ3n) is 1.82. The lowest BCUT2D eigenvalue weighted by molar-refractivity contribution is -0.139. The Morgan fingerprint density at radius 2 is 2.35 bits per heavy atom. The molecule has 0 aromatic heterocycles. The number of halogens is 1. The van der Waals surface area contributed by atoms with Crippen LogP contribution in [0.1, 0.15) is 5.56 Å². The number of benzene rings is 1. The van der Waals surface area contributed by atoms with Crippen molar-refractivity contribution >= 4 is 28.1 Å². The molecule has 6 nitrogen and oxygen atoms in total. The molecule has 0 aliphatic carbocycles. The number of hydrazone groups is 1. The molecule has 17 heavy (non-hydrogen) atoms. The van der Waals surface area contributed by atoms with Crippen molar-refractivity contribution in [3.63, 3.8) is 0 Å². The maximum atomic E-state index is 10.5. The Morgan fingerprint density at radius 3 is 2.88 bits per heavy atom. The largest absolute Gasteiger partial charge is 0.493 e. The van der Waals surface area contributed by atoms with Gasteiger partial charge in [-0.05, 0) is 12.1 Å². The number of carboxylic acids is 1. The number of hydrogen-bond acceptors (Lipinski definition) is 5. The van der Waals surface area contributed by atoms with Gasteiger partial charge in [0.1, 0.15) is 0 Å². The van der Waals surface area contributed by atoms with Crippen LogP contribution in [0.2, 0.25) is 0 Å². The maximum Gasteiger partial charge on any atom is 0.341 e. The standard InChI is InChI=1S/C10H11BrN2O4/c1-16-8-3-7(11)2-6(4-13-12)10(8)17-5-9(14)15/h2-4H,5,12H2,1H3,(H,14,15). The van der Waals surface area contributed by atoms with Crippen LogP contribution in [0.5, 0.6) is 11.5 Å². The zero-order valence-electron chi connectivity index (χ0n) is 9.01. The van der Waals surface area contributed by atoms with E-state index in [2.05, 4.69) is 21.0 Å². The lowest BCUT2D eigenvalue weighted by Crippen LogP contribution is -2.11. The van der Waals surface area contributed by atoms with Crippen molar-refractivity contribution in [3.8, 4) is 11.5 Å². The average molecular weight is 303 g/mol. The Labute approximate surface area is 106 Å². The summed E-state index contributed by atoms with van der Waals surface area (Å²) in [5.74, 6) is 4.67. The van der Waals surface area contributed by atoms with E-state index in [0.717, 1.165) is 4.47 Å². The second kappa shape index (κ2) is 6.09. The molecule has 0 atom stereocenters. The molecule has 0 radical (unpaired) electrons. The summed E-state index contributed by atoms with van der Waals surface area (Å²) < 4.78 is 11.0. The van der Waals surface area contributed by atoms with Gasteiger partial charge in [-0.25, -0.2) is 4.79 Å². The molecule has 0 heterocycles. The van der Waals surface area contributed by atoms with Gasteiger partial charge in [0.05, 0.1) is 13.3 Å². The van der Waals surface area contributed by atoms with Crippen LogP contribution in [0.15, 0.2) is 21.7 Å². The first-order chi connectivity index (χ1) is 8.08. The van der Waals surface area contributed by atoms with E-state index in [4.69, 9.17) is 20.4 Å². The van der Waals surface area contributed by atoms with Crippen LogP contribution >= 0.6 is 15.9 Å². The Bertz CT molecular complexity index is 448. The van der Waals surface area contributed by atoms with Crippen molar-refractivity contribution < 1.29 is 19.4 Å². The van der Waals surface area contributed by atoms with Crippen LogP contribution in [-0.4, -0.2) is 31.0 Å². The number of nitrogens with zero attached hydrogens (tertiary/aromatic N) is 1. The molecule has 1 aromatic carbocycles. The quantitative estimate of drug-likeness (QED) is 0.484. The molecule has 7 heteroatoms. The molecule has 1 rings (SSSR count). The predicted octanol–water partition coefficient (Wildman–Crippen LogP) is 1.21. The number of carbonyl (C=O) groups is 1. The minimum absolute atomic E-state index is 0.285. The summed E-state index contributed by atoms with van der Waals surface area (Å²) in [4.78, 5) is 10.5. The molecule has 1 aromatic rings. The molecule has 0 amide bonds. The van der Waals surface area contributed by atoms with Gasteiger partial charge in [0.15, 0.2) is 18.1 Å². The van der Waals surface area contributed by atoms with Crippen LogP contribution in [-0.2, 0) is 4.79 Å². The molecule has 3 N–H and O–H groups in total. The highest BCUT2D eigenvalue weighted by atomic mass is 79.9. The summed E-state index contributed by atoms with van der Waals surface area (Å²) >= 11 is 3.28. The van der Waals surface area contributed by atoms with Crippen molar-refractivity contribution in [3.05, 3.63) is 22.2 Å². The first-order valence-electron chi connectivity index (χ1n) is 4.54. The zero-order chi connectivity index (χ0) is 12.8. The van der Waals surface area contributed by atoms with E-state index in [1.807, 2.05) is 0 Å². The highest BCUT2D eigenvalue weighted by Gasteiger charge is 2.12. The normalized spacial score (nSPS) is 10.5. The third-order valence-corrected chi connectivity index (χ3v) is 2.28. The molecule has 0 fully saturated rings. The number of rotatable bonds is 5. The van der Waals surface area contributed by atoms with E-state index in [0.29, 0.717) is 11.3 Å². The fourth-order valence-corrected chi connectivity index (χ4v) is 1.66. The average Bonchev–Trinajstić information content (AvgIpc) is 2.27. The monoisotopic (exact) mass is 302 g/mol. The first kappa shape index (κ1) is 13.3. The smallest absolute Gasteiger partial charge is 0.341 e. The van der Waals surface area contributed by atoms with Crippen LogP contribution in [0, 0.1) is 0 Å². The van der Waals surface area contributed by atoms with Gasteiger partial charge in [-0.3, -0.25) is 0 Å². The van der Waals surface area contributed by atoms with Crippen LogP contribution in [0.3, 0.4) is 0 Å². The van der Waals surface area contributed by atoms with E-state index in [9.17, 15) is 4.79 Å². The molecule has 0 aliphatic heterocycles. The Kier molecular flexibility index (Phi) is 4.77. The van der Waals surface area contributed by atoms with E-state index < -0.39 is 12.6 Å². The Morgan fingerprint density at radius 1 is 1.65 bits per heavy atom. The second-order valence-corrected chi connectivity index (χ2v) is 3.90. The SMILES string of the molecule is COc1cc(Br)cc(C=NN)c1OCC(=O)O. The van der Waals surface area contributed by atoms with E-state index in [-0.39, 0.29) is 5.75 Å². The molecule has 0 saturated carbocycles. The summed E-state index contributed by atoms with van der Waals surface area (Å²) in [6, 6.07) is 3.35. The third kappa shape index (κ3) is 3.63. The molecular formula is C10H11BrN2O4. The van der Waals surface area contributed by atoms with Gasteiger partial charge in [-0.15, -0.1) is 0 Å². The van der Waals surface area contributed by atoms with Gasteiger partial charge in [-0.1, -0.05) is 15.9 Å². The fraction of sp³-hybridized carbons (Fsp3) is 0.200. The van der Waals surface area contributed by atoms with Gasteiger partial charge in [0.2, 0.25) is 0 Å². The number of aliphatic carboxylic acids is 1. The summed E-state index contributed by atoms with van der Waals surface area (Å²) in [5.41, 5.74) is 0.528. The van der Waals surface area contributed by atoms with E-state index >= 15 is 0 Å². The summed E-state index contributed by atoms with van der Waals surface area (Å²) in [5, 5.41) is 12.0. The molecule has 0 bridgehead atoms. The number of carboxylic acid groups (broad SMARTS) is 1. The van der Waals surface area contributed by atoms with Crippen molar-refractivity contribution in [1.82, 2.24) is 0 Å². The van der Waals surface area contributed by atoms with E-state index in [1.165, 1.54) is 13.3 Å². The number of nitrogens with two attached hydrogens (primary N) is 1. The minimum atomic E-state index is -1.08. The lowest BCUT2D eigenvalue weighted by atomic mass is 10.2. The fourth-order valence-electron chi connectivity index (χ4n) is 1.20. The lowest BCUT2D eigenvalue weighted by Gasteiger charge is -2.12. The second-order valence-electron chi connectivity index (χ2n) is 2.99. The van der Waals surface area contributed by atoms with Crippen LogP contribution in [0.25, 0.3) is 0 Å². The maximum absolute atomic E-state index is 10.5. The molecule has 0 aliphatic rings. The molecule has 0 unspecified atom stereocenters. The number of ether oxygens (including phenoxy) is 2. The van der Waals surface area contributed by atoms with Gasteiger partial charge < -0.3 is 20.4 Å². The Balaban J connectivity index is 3.16. The molecule has 0 spiro atoms. The Hall–Kier alpha value is -1.76. The van der Waals surface area contributed by atoms with Crippen LogP contribution in [0.4, 0.5) is 0 Å². The summed E-state index contributed by atoms with van der Waals surface area (Å²) in [6.07, 6.45) is 1.35. The van der Waals surface area contributed by atoms with Gasteiger partial charge in [0, 0.05) is 10.0 Å². The zero-order valence-corrected chi connectivity index (χ0v) is 10.6. The van der Waals surface area contributed by atoms with Crippen molar-refractivity contribution in [2.45, 2.75) is 0 Å². The minimum Gasteiger partial charge on any atom is -0.493 e. The summed E-state index contributed by atoms with van der Waals surface area (Å²) in [7, 11) is 1.46.